The van der Waals surface area contributed by atoms with Gasteiger partial charge in [-0.05, 0) is 50.8 Å². The smallest absolute Gasteiger partial charge is 0.328 e. The molecule has 1 aromatic rings. The maximum Gasteiger partial charge on any atom is 0.328 e. The number of hydrogen-bond acceptors (Lipinski definition) is 4. The topological polar surface area (TPSA) is 38.3 Å². The van der Waals surface area contributed by atoms with Gasteiger partial charge in [0.1, 0.15) is 6.04 Å². The Labute approximate surface area is 115 Å². The molecule has 0 aliphatic heterocycles. The molecule has 1 aliphatic carbocycles. The summed E-state index contributed by atoms with van der Waals surface area (Å²) in [7, 11) is 1.42. The van der Waals surface area contributed by atoms with Crippen molar-refractivity contribution in [1.82, 2.24) is 5.32 Å². The van der Waals surface area contributed by atoms with Gasteiger partial charge < -0.3 is 4.74 Å². The second-order valence-electron chi connectivity index (χ2n) is 3.67. The van der Waals surface area contributed by atoms with Crippen LogP contribution in [0.3, 0.4) is 0 Å². The average Bonchev–Trinajstić information content (AvgIpc) is 3.02. The summed E-state index contributed by atoms with van der Waals surface area (Å²) in [4.78, 5) is 12.7. The van der Waals surface area contributed by atoms with E-state index in [1.165, 1.54) is 7.11 Å². The summed E-state index contributed by atoms with van der Waals surface area (Å²) < 4.78 is 6.78. The first-order valence-electron chi connectivity index (χ1n) is 4.90. The highest BCUT2D eigenvalue weighted by atomic mass is 79.9. The Kier molecular flexibility index (Phi) is 4.05. The number of halogens is 2. The van der Waals surface area contributed by atoms with Crippen LogP contribution in [0.1, 0.15) is 23.8 Å². The highest BCUT2D eigenvalue weighted by Gasteiger charge is 2.31. The molecule has 1 heterocycles. The summed E-state index contributed by atoms with van der Waals surface area (Å²) in [6.07, 6.45) is 2.28. The molecule has 1 aromatic heterocycles. The minimum atomic E-state index is -0.343. The summed E-state index contributed by atoms with van der Waals surface area (Å²) in [5.41, 5.74) is 0. The number of nitrogens with one attached hydrogen (secondary N) is 1. The molecular formula is C10H11Br2NO2S. The molecule has 3 nitrogen and oxygen atoms in total. The third-order valence-electron chi connectivity index (χ3n) is 2.37. The molecule has 1 aliphatic rings. The Bertz CT molecular complexity index is 384. The molecule has 1 saturated carbocycles. The van der Waals surface area contributed by atoms with Crippen molar-refractivity contribution in [3.63, 3.8) is 0 Å². The normalized spacial score (nSPS) is 17.2. The molecule has 0 spiro atoms. The van der Waals surface area contributed by atoms with E-state index in [1.54, 1.807) is 11.3 Å². The van der Waals surface area contributed by atoms with Crippen molar-refractivity contribution < 1.29 is 9.53 Å². The van der Waals surface area contributed by atoms with E-state index in [0.717, 1.165) is 26.0 Å². The van der Waals surface area contributed by atoms with E-state index in [2.05, 4.69) is 37.2 Å². The standard InChI is InChI=1S/C10H11Br2NO2S/c1-15-10(14)8(13-5-2-3-5)7-4-6(11)9(12)16-7/h4-5,8,13H,2-3H2,1H3. The van der Waals surface area contributed by atoms with Gasteiger partial charge in [-0.3, -0.25) is 5.32 Å². The predicted octanol–water partition coefficient (Wildman–Crippen LogP) is 3.24. The number of hydrogen-bond donors (Lipinski definition) is 1. The molecule has 0 bridgehead atoms. The summed E-state index contributed by atoms with van der Waals surface area (Å²) in [6, 6.07) is 2.07. The van der Waals surface area contributed by atoms with Gasteiger partial charge in [0, 0.05) is 15.4 Å². The summed E-state index contributed by atoms with van der Waals surface area (Å²) in [5, 5.41) is 3.29. The van der Waals surface area contributed by atoms with Crippen LogP contribution in [0, 0.1) is 0 Å². The Morgan fingerprint density at radius 2 is 2.31 bits per heavy atom. The van der Waals surface area contributed by atoms with Crippen LogP contribution in [0.4, 0.5) is 0 Å². The van der Waals surface area contributed by atoms with Crippen LogP contribution in [-0.2, 0) is 9.53 Å². The highest BCUT2D eigenvalue weighted by Crippen LogP contribution is 2.37. The zero-order chi connectivity index (χ0) is 11.7. The number of methoxy groups -OCH3 is 1. The summed E-state index contributed by atoms with van der Waals surface area (Å²) in [5.74, 6) is -0.229. The maximum atomic E-state index is 11.7. The first-order valence-corrected chi connectivity index (χ1v) is 7.30. The Morgan fingerprint density at radius 3 is 2.75 bits per heavy atom. The minimum Gasteiger partial charge on any atom is -0.468 e. The second kappa shape index (κ2) is 5.16. The van der Waals surface area contributed by atoms with E-state index in [9.17, 15) is 4.79 Å². The fourth-order valence-electron chi connectivity index (χ4n) is 1.38. The van der Waals surface area contributed by atoms with Gasteiger partial charge in [-0.15, -0.1) is 11.3 Å². The summed E-state index contributed by atoms with van der Waals surface area (Å²) in [6.45, 7) is 0. The highest BCUT2D eigenvalue weighted by molar-refractivity contribution is 9.13. The first-order chi connectivity index (χ1) is 7.61. The molecule has 6 heteroatoms. The molecule has 0 aromatic carbocycles. The summed E-state index contributed by atoms with van der Waals surface area (Å²) >= 11 is 8.39. The number of ether oxygens (including phenoxy) is 1. The van der Waals surface area contributed by atoms with E-state index in [1.807, 2.05) is 6.07 Å². The molecule has 1 unspecified atom stereocenters. The second-order valence-corrected chi connectivity index (χ2v) is 6.92. The monoisotopic (exact) mass is 367 g/mol. The lowest BCUT2D eigenvalue weighted by molar-refractivity contribution is -0.143. The molecular weight excluding hydrogens is 358 g/mol. The predicted molar refractivity (Wildman–Crippen MR) is 70.6 cm³/mol. The van der Waals surface area contributed by atoms with E-state index in [0.29, 0.717) is 6.04 Å². The zero-order valence-electron chi connectivity index (χ0n) is 8.63. The van der Waals surface area contributed by atoms with Gasteiger partial charge in [0.05, 0.1) is 10.9 Å². The quantitative estimate of drug-likeness (QED) is 0.829. The van der Waals surface area contributed by atoms with Crippen LogP contribution >= 0.6 is 43.2 Å². The van der Waals surface area contributed by atoms with Crippen LogP contribution in [0.25, 0.3) is 0 Å². The van der Waals surface area contributed by atoms with Crippen molar-refractivity contribution in [2.75, 3.05) is 7.11 Å². The van der Waals surface area contributed by atoms with Crippen molar-refractivity contribution in [2.45, 2.75) is 24.9 Å². The molecule has 0 radical (unpaired) electrons. The van der Waals surface area contributed by atoms with Crippen molar-refractivity contribution in [3.05, 3.63) is 19.2 Å². The number of carbonyl (C=O) groups is 1. The fraction of sp³-hybridized carbons (Fsp3) is 0.500. The maximum absolute atomic E-state index is 11.7. The molecule has 88 valence electrons. The van der Waals surface area contributed by atoms with Crippen molar-refractivity contribution in [1.29, 1.82) is 0 Å². The van der Waals surface area contributed by atoms with E-state index in [-0.39, 0.29) is 12.0 Å². The van der Waals surface area contributed by atoms with Gasteiger partial charge in [0.2, 0.25) is 0 Å². The lowest BCUT2D eigenvalue weighted by Gasteiger charge is -2.14. The van der Waals surface area contributed by atoms with E-state index >= 15 is 0 Å². The number of thiophene rings is 1. The van der Waals surface area contributed by atoms with Crippen LogP contribution in [-0.4, -0.2) is 19.1 Å². The minimum absolute atomic E-state index is 0.229. The largest absolute Gasteiger partial charge is 0.468 e. The van der Waals surface area contributed by atoms with E-state index in [4.69, 9.17) is 4.74 Å². The van der Waals surface area contributed by atoms with E-state index < -0.39 is 0 Å². The van der Waals surface area contributed by atoms with Gasteiger partial charge in [-0.1, -0.05) is 0 Å². The van der Waals surface area contributed by atoms with Crippen LogP contribution < -0.4 is 5.32 Å². The van der Waals surface area contributed by atoms with Crippen molar-refractivity contribution in [2.24, 2.45) is 0 Å². The number of esters is 1. The fourth-order valence-corrected chi connectivity index (χ4v) is 3.51. The molecule has 2 rings (SSSR count). The van der Waals surface area contributed by atoms with Crippen LogP contribution in [0.15, 0.2) is 14.3 Å². The first kappa shape index (κ1) is 12.5. The van der Waals surface area contributed by atoms with Gasteiger partial charge in [-0.2, -0.15) is 0 Å². The zero-order valence-corrected chi connectivity index (χ0v) is 12.6. The SMILES string of the molecule is COC(=O)C(NC1CC1)c1cc(Br)c(Br)s1. The molecule has 1 fully saturated rings. The average molecular weight is 369 g/mol. The molecule has 16 heavy (non-hydrogen) atoms. The van der Waals surface area contributed by atoms with Crippen molar-refractivity contribution >= 4 is 49.2 Å². The lowest BCUT2D eigenvalue weighted by atomic mass is 10.2. The molecule has 0 amide bonds. The molecule has 1 atom stereocenters. The number of rotatable bonds is 4. The Morgan fingerprint density at radius 1 is 1.62 bits per heavy atom. The third kappa shape index (κ3) is 2.85. The number of carbonyl (C=O) groups excluding carboxylic acids is 1. The van der Waals surface area contributed by atoms with Gasteiger partial charge in [0.25, 0.3) is 0 Å². The lowest BCUT2D eigenvalue weighted by Crippen LogP contribution is -2.30. The molecule has 1 N–H and O–H groups in total. The molecule has 0 saturated heterocycles. The van der Waals surface area contributed by atoms with Gasteiger partial charge in [0.15, 0.2) is 0 Å². The van der Waals surface area contributed by atoms with Crippen LogP contribution in [0.2, 0.25) is 0 Å². The van der Waals surface area contributed by atoms with Crippen LogP contribution in [0.5, 0.6) is 0 Å². The third-order valence-corrected chi connectivity index (χ3v) is 5.69. The van der Waals surface area contributed by atoms with Gasteiger partial charge >= 0.3 is 5.97 Å². The Hall–Kier alpha value is 0.0900. The Balaban J connectivity index is 2.19. The van der Waals surface area contributed by atoms with Gasteiger partial charge in [-0.25, -0.2) is 4.79 Å². The van der Waals surface area contributed by atoms with Crippen molar-refractivity contribution in [3.8, 4) is 0 Å².